The van der Waals surface area contributed by atoms with Gasteiger partial charge < -0.3 is 26.0 Å². The van der Waals surface area contributed by atoms with Crippen LogP contribution in [0.4, 0.5) is 0 Å². The molecular weight excluding hydrogens is 396 g/mol. The highest BCUT2D eigenvalue weighted by atomic mass is 16.5. The molecule has 2 aromatic rings. The lowest BCUT2D eigenvalue weighted by molar-refractivity contribution is -0.140. The van der Waals surface area contributed by atoms with Crippen molar-refractivity contribution in [2.45, 2.75) is 37.7 Å². The summed E-state index contributed by atoms with van der Waals surface area (Å²) in [5.41, 5.74) is 7.37. The summed E-state index contributed by atoms with van der Waals surface area (Å²) in [5.74, 6) is -1.19. The SMILES string of the molecule is NCNCCCCCC(=O)/C=C/c1ccc2c(c1)C(C(=O)O)C(c1ccc(O)cc1)O2. The molecule has 0 spiro atoms. The number of carbonyl (C=O) groups excluding carboxylic acids is 1. The zero-order valence-corrected chi connectivity index (χ0v) is 17.3. The average Bonchev–Trinajstić information content (AvgIpc) is 3.14. The Labute approximate surface area is 181 Å². The number of phenolic OH excluding ortho intramolecular Hbond substituents is 1. The van der Waals surface area contributed by atoms with Gasteiger partial charge in [0.25, 0.3) is 0 Å². The molecule has 1 aliphatic rings. The van der Waals surface area contributed by atoms with Crippen LogP contribution in [0.25, 0.3) is 6.08 Å². The van der Waals surface area contributed by atoms with Gasteiger partial charge in [-0.1, -0.05) is 30.7 Å². The monoisotopic (exact) mass is 424 g/mol. The second-order valence-electron chi connectivity index (χ2n) is 7.56. The number of ketones is 1. The number of hydrogen-bond donors (Lipinski definition) is 4. The third-order valence-corrected chi connectivity index (χ3v) is 5.30. The molecule has 164 valence electrons. The molecule has 2 atom stereocenters. The highest BCUT2D eigenvalue weighted by molar-refractivity contribution is 5.93. The number of phenols is 1. The summed E-state index contributed by atoms with van der Waals surface area (Å²) in [6.07, 6.45) is 5.83. The van der Waals surface area contributed by atoms with E-state index in [-0.39, 0.29) is 11.5 Å². The Morgan fingerprint density at radius 3 is 2.58 bits per heavy atom. The van der Waals surface area contributed by atoms with E-state index >= 15 is 0 Å². The fraction of sp³-hybridized carbons (Fsp3) is 0.333. The smallest absolute Gasteiger partial charge is 0.315 e. The molecule has 1 heterocycles. The molecule has 31 heavy (non-hydrogen) atoms. The Morgan fingerprint density at radius 1 is 1.10 bits per heavy atom. The molecule has 7 nitrogen and oxygen atoms in total. The Kier molecular flexibility index (Phi) is 7.81. The van der Waals surface area contributed by atoms with Gasteiger partial charge in [0.2, 0.25) is 0 Å². The summed E-state index contributed by atoms with van der Waals surface area (Å²) >= 11 is 0. The standard InChI is InChI=1S/C24H28N2O5/c25-15-26-13-3-1-2-4-18(27)9-5-16-6-12-21-20(14-16)22(24(29)30)23(31-21)17-7-10-19(28)11-8-17/h5-12,14,22-23,26,28H,1-4,13,15,25H2,(H,29,30)/b9-5+. The van der Waals surface area contributed by atoms with E-state index in [4.69, 9.17) is 10.5 Å². The summed E-state index contributed by atoms with van der Waals surface area (Å²) in [5, 5.41) is 22.4. The zero-order chi connectivity index (χ0) is 22.2. The summed E-state index contributed by atoms with van der Waals surface area (Å²) in [6, 6.07) is 11.6. The van der Waals surface area contributed by atoms with Gasteiger partial charge in [0.1, 0.15) is 23.5 Å². The Bertz CT molecular complexity index is 939. The first kappa shape index (κ1) is 22.5. The lowest BCUT2D eigenvalue weighted by Gasteiger charge is -2.16. The molecule has 0 aromatic heterocycles. The van der Waals surface area contributed by atoms with Gasteiger partial charge in [0.05, 0.1) is 0 Å². The molecule has 0 fully saturated rings. The number of carbonyl (C=O) groups is 2. The van der Waals surface area contributed by atoms with E-state index in [1.54, 1.807) is 42.5 Å². The van der Waals surface area contributed by atoms with Crippen molar-refractivity contribution in [1.29, 1.82) is 0 Å². The molecular formula is C24H28N2O5. The van der Waals surface area contributed by atoms with Crippen molar-refractivity contribution in [3.8, 4) is 11.5 Å². The van der Waals surface area contributed by atoms with Crippen molar-refractivity contribution in [3.05, 3.63) is 65.2 Å². The van der Waals surface area contributed by atoms with E-state index in [1.165, 1.54) is 12.1 Å². The lowest BCUT2D eigenvalue weighted by Crippen LogP contribution is -2.23. The van der Waals surface area contributed by atoms with Crippen molar-refractivity contribution >= 4 is 17.8 Å². The number of aromatic hydroxyl groups is 1. The number of nitrogens with one attached hydrogen (secondary N) is 1. The van der Waals surface area contributed by atoms with Crippen LogP contribution in [0.1, 0.15) is 54.4 Å². The highest BCUT2D eigenvalue weighted by Crippen LogP contribution is 2.46. The Morgan fingerprint density at radius 2 is 1.87 bits per heavy atom. The number of ether oxygens (including phenoxy) is 1. The van der Waals surface area contributed by atoms with Gasteiger partial charge in [-0.15, -0.1) is 0 Å². The molecule has 5 N–H and O–H groups in total. The van der Waals surface area contributed by atoms with Crippen LogP contribution < -0.4 is 15.8 Å². The number of carboxylic acid groups (broad SMARTS) is 1. The van der Waals surface area contributed by atoms with Gasteiger partial charge in [-0.25, -0.2) is 0 Å². The second kappa shape index (κ2) is 10.7. The van der Waals surface area contributed by atoms with Gasteiger partial charge in [-0.2, -0.15) is 0 Å². The topological polar surface area (TPSA) is 122 Å². The number of rotatable bonds is 11. The first-order valence-electron chi connectivity index (χ1n) is 10.4. The van der Waals surface area contributed by atoms with Gasteiger partial charge >= 0.3 is 5.97 Å². The van der Waals surface area contributed by atoms with Gasteiger partial charge in [0, 0.05) is 18.7 Å². The van der Waals surface area contributed by atoms with E-state index < -0.39 is 18.0 Å². The minimum Gasteiger partial charge on any atom is -0.508 e. The number of benzene rings is 2. The van der Waals surface area contributed by atoms with E-state index in [0.29, 0.717) is 30.0 Å². The number of allylic oxidation sites excluding steroid dienone is 1. The van der Waals surface area contributed by atoms with Gasteiger partial charge in [-0.05, 0) is 60.9 Å². The molecule has 3 rings (SSSR count). The third kappa shape index (κ3) is 5.93. The zero-order valence-electron chi connectivity index (χ0n) is 17.3. The van der Waals surface area contributed by atoms with E-state index in [1.807, 2.05) is 0 Å². The predicted molar refractivity (Wildman–Crippen MR) is 118 cm³/mol. The predicted octanol–water partition coefficient (Wildman–Crippen LogP) is 3.34. The quantitative estimate of drug-likeness (QED) is 0.248. The van der Waals surface area contributed by atoms with Crippen LogP contribution in [-0.4, -0.2) is 35.2 Å². The number of unbranched alkanes of at least 4 members (excludes halogenated alkanes) is 2. The lowest BCUT2D eigenvalue weighted by atomic mass is 9.90. The minimum atomic E-state index is -0.988. The first-order chi connectivity index (χ1) is 15.0. The molecule has 0 saturated heterocycles. The fourth-order valence-corrected chi connectivity index (χ4v) is 3.68. The molecule has 2 aromatic carbocycles. The fourth-order valence-electron chi connectivity index (χ4n) is 3.68. The second-order valence-corrected chi connectivity index (χ2v) is 7.56. The number of carboxylic acids is 1. The molecule has 0 aliphatic carbocycles. The van der Waals surface area contributed by atoms with Crippen LogP contribution in [0, 0.1) is 0 Å². The van der Waals surface area contributed by atoms with Crippen LogP contribution in [0.3, 0.4) is 0 Å². The maximum Gasteiger partial charge on any atom is 0.315 e. The van der Waals surface area contributed by atoms with Crippen LogP contribution in [0.2, 0.25) is 0 Å². The van der Waals surface area contributed by atoms with Crippen molar-refractivity contribution in [3.63, 3.8) is 0 Å². The van der Waals surface area contributed by atoms with E-state index in [9.17, 15) is 19.8 Å². The molecule has 2 unspecified atom stereocenters. The first-order valence-corrected chi connectivity index (χ1v) is 10.4. The largest absolute Gasteiger partial charge is 0.508 e. The minimum absolute atomic E-state index is 0.0419. The molecule has 0 bridgehead atoms. The van der Waals surface area contributed by atoms with Crippen LogP contribution in [0.15, 0.2) is 48.5 Å². The molecule has 0 saturated carbocycles. The van der Waals surface area contributed by atoms with Crippen LogP contribution >= 0.6 is 0 Å². The van der Waals surface area contributed by atoms with Crippen LogP contribution in [0.5, 0.6) is 11.5 Å². The van der Waals surface area contributed by atoms with Gasteiger partial charge in [0.15, 0.2) is 5.78 Å². The van der Waals surface area contributed by atoms with E-state index in [0.717, 1.165) is 31.4 Å². The van der Waals surface area contributed by atoms with Crippen LogP contribution in [-0.2, 0) is 9.59 Å². The number of hydrogen-bond acceptors (Lipinski definition) is 6. The summed E-state index contributed by atoms with van der Waals surface area (Å²) in [7, 11) is 0. The van der Waals surface area contributed by atoms with Crippen molar-refractivity contribution in [1.82, 2.24) is 5.32 Å². The van der Waals surface area contributed by atoms with Crippen molar-refractivity contribution in [2.24, 2.45) is 5.73 Å². The molecule has 1 aliphatic heterocycles. The maximum atomic E-state index is 12.1. The highest BCUT2D eigenvalue weighted by Gasteiger charge is 2.40. The Balaban J connectivity index is 1.65. The summed E-state index contributed by atoms with van der Waals surface area (Å²) in [6.45, 7) is 1.32. The van der Waals surface area contributed by atoms with Gasteiger partial charge in [-0.3, -0.25) is 9.59 Å². The third-order valence-electron chi connectivity index (χ3n) is 5.30. The molecule has 0 radical (unpaired) electrons. The summed E-state index contributed by atoms with van der Waals surface area (Å²) in [4.78, 5) is 24.1. The average molecular weight is 424 g/mol. The summed E-state index contributed by atoms with van der Waals surface area (Å²) < 4.78 is 5.91. The van der Waals surface area contributed by atoms with E-state index in [2.05, 4.69) is 5.32 Å². The molecule has 0 amide bonds. The number of nitrogens with two attached hydrogens (primary N) is 1. The number of aliphatic carboxylic acids is 1. The normalized spacial score (nSPS) is 17.5. The number of fused-ring (bicyclic) bond motifs is 1. The Hall–Kier alpha value is -3.16. The molecule has 7 heteroatoms. The maximum absolute atomic E-state index is 12.1. The van der Waals surface area contributed by atoms with Crippen molar-refractivity contribution in [2.75, 3.05) is 13.2 Å². The van der Waals surface area contributed by atoms with Crippen molar-refractivity contribution < 1.29 is 24.5 Å².